The molecule has 6 heteroatoms. The molecule has 31 heavy (non-hydrogen) atoms. The number of benzene rings is 1. The quantitative estimate of drug-likeness (QED) is 0.732. The summed E-state index contributed by atoms with van der Waals surface area (Å²) in [6.45, 7) is 2.42. The van der Waals surface area contributed by atoms with Crippen LogP contribution in [0.25, 0.3) is 0 Å². The molecule has 1 saturated heterocycles. The molecule has 5 nitrogen and oxygen atoms in total. The first-order valence-corrected chi connectivity index (χ1v) is 13.7. The van der Waals surface area contributed by atoms with Crippen molar-refractivity contribution < 1.29 is 13.2 Å². The number of fused-ring (bicyclic) bond motifs is 2. The maximum absolute atomic E-state index is 13.4. The van der Waals surface area contributed by atoms with Gasteiger partial charge >= 0.3 is 0 Å². The van der Waals surface area contributed by atoms with Gasteiger partial charge in [0.1, 0.15) is 0 Å². The van der Waals surface area contributed by atoms with Crippen molar-refractivity contribution >= 4 is 15.9 Å². The first kappa shape index (κ1) is 21.4. The van der Waals surface area contributed by atoms with Crippen molar-refractivity contribution in [3.8, 4) is 0 Å². The van der Waals surface area contributed by atoms with Gasteiger partial charge in [-0.2, -0.15) is 4.31 Å². The lowest BCUT2D eigenvalue weighted by Crippen LogP contribution is -2.52. The number of aryl methyl sites for hydroxylation is 1. The van der Waals surface area contributed by atoms with Gasteiger partial charge in [-0.1, -0.05) is 37.8 Å². The highest BCUT2D eigenvalue weighted by Gasteiger charge is 2.52. The van der Waals surface area contributed by atoms with E-state index in [1.54, 1.807) is 22.5 Å². The van der Waals surface area contributed by atoms with E-state index in [9.17, 15) is 13.2 Å². The number of rotatable bonds is 5. The van der Waals surface area contributed by atoms with Crippen LogP contribution in [0.4, 0.5) is 0 Å². The van der Waals surface area contributed by atoms with Crippen LogP contribution < -0.4 is 5.32 Å². The monoisotopic (exact) mass is 444 g/mol. The van der Waals surface area contributed by atoms with E-state index in [-0.39, 0.29) is 23.9 Å². The van der Waals surface area contributed by atoms with Gasteiger partial charge in [0, 0.05) is 24.5 Å². The lowest BCUT2D eigenvalue weighted by molar-refractivity contribution is -0.124. The summed E-state index contributed by atoms with van der Waals surface area (Å²) in [5.74, 6) is 2.38. The number of sulfonamides is 1. The van der Waals surface area contributed by atoms with Crippen LogP contribution in [0.2, 0.25) is 0 Å². The molecule has 3 saturated carbocycles. The highest BCUT2D eigenvalue weighted by Crippen LogP contribution is 2.55. The summed E-state index contributed by atoms with van der Waals surface area (Å²) in [6.07, 6.45) is 11.6. The molecule has 3 bridgehead atoms. The molecule has 0 spiro atoms. The van der Waals surface area contributed by atoms with E-state index >= 15 is 0 Å². The third-order valence-electron chi connectivity index (χ3n) is 8.47. The highest BCUT2D eigenvalue weighted by molar-refractivity contribution is 7.89. The van der Waals surface area contributed by atoms with Crippen LogP contribution in [-0.2, 0) is 14.8 Å². The average molecular weight is 445 g/mol. The van der Waals surface area contributed by atoms with E-state index < -0.39 is 10.0 Å². The zero-order valence-electron chi connectivity index (χ0n) is 18.7. The van der Waals surface area contributed by atoms with E-state index in [1.807, 2.05) is 13.0 Å². The standard InChI is InChI=1S/C25H36N2O3S/c1-18-6-4-10-23(12-18)31(29,30)27-11-3-2-9-22(27)14-24(28)26-25-15-19-7-5-8-20(16-25)21(13-19)17-25/h4,6,10,12,19-22H,2-3,5,7-9,11,13-17H2,1H3,(H,26,28)/t19-,20?,21?,22?,25-/m0/s1. The van der Waals surface area contributed by atoms with Crippen molar-refractivity contribution in [2.75, 3.05) is 6.54 Å². The molecule has 0 radical (unpaired) electrons. The van der Waals surface area contributed by atoms with Gasteiger partial charge in [-0.3, -0.25) is 4.79 Å². The van der Waals surface area contributed by atoms with Crippen molar-refractivity contribution in [2.45, 2.75) is 94.0 Å². The lowest BCUT2D eigenvalue weighted by atomic mass is 9.75. The molecule has 4 fully saturated rings. The Balaban J connectivity index is 1.30. The number of amides is 1. The molecule has 1 aromatic carbocycles. The van der Waals surface area contributed by atoms with Crippen LogP contribution in [-0.4, -0.2) is 36.8 Å². The molecule has 1 amide bonds. The molecule has 1 heterocycles. The largest absolute Gasteiger partial charge is 0.351 e. The van der Waals surface area contributed by atoms with Gasteiger partial charge in [0.2, 0.25) is 15.9 Å². The third-order valence-corrected chi connectivity index (χ3v) is 10.4. The van der Waals surface area contributed by atoms with Gasteiger partial charge in [0.05, 0.1) is 4.90 Å². The topological polar surface area (TPSA) is 66.5 Å². The van der Waals surface area contributed by atoms with Gasteiger partial charge in [-0.15, -0.1) is 0 Å². The van der Waals surface area contributed by atoms with E-state index in [1.165, 1.54) is 25.7 Å². The molecule has 1 aromatic rings. The second-order valence-electron chi connectivity index (χ2n) is 10.8. The summed E-state index contributed by atoms with van der Waals surface area (Å²) in [7, 11) is -3.58. The number of nitrogens with one attached hydrogen (secondary N) is 1. The fourth-order valence-corrected chi connectivity index (χ4v) is 9.07. The zero-order chi connectivity index (χ0) is 21.6. The Morgan fingerprint density at radius 2 is 1.94 bits per heavy atom. The summed E-state index contributed by atoms with van der Waals surface area (Å²) in [4.78, 5) is 13.6. The van der Waals surface area contributed by atoms with Crippen molar-refractivity contribution in [2.24, 2.45) is 17.8 Å². The number of carbonyl (C=O) groups excluding carboxylic acids is 1. The fraction of sp³-hybridized carbons (Fsp3) is 0.720. The third kappa shape index (κ3) is 4.18. The van der Waals surface area contributed by atoms with Crippen molar-refractivity contribution in [1.82, 2.24) is 9.62 Å². The van der Waals surface area contributed by atoms with Crippen molar-refractivity contribution in [3.63, 3.8) is 0 Å². The molecular formula is C25H36N2O3S. The number of hydrogen-bond donors (Lipinski definition) is 1. The van der Waals surface area contributed by atoms with Crippen LogP contribution in [0.3, 0.4) is 0 Å². The first-order valence-electron chi connectivity index (χ1n) is 12.2. The Morgan fingerprint density at radius 1 is 1.10 bits per heavy atom. The van der Waals surface area contributed by atoms with Gasteiger partial charge in [0.15, 0.2) is 0 Å². The first-order chi connectivity index (χ1) is 14.8. The number of hydrogen-bond acceptors (Lipinski definition) is 3. The molecule has 3 unspecified atom stereocenters. The van der Waals surface area contributed by atoms with Crippen LogP contribution in [0, 0.1) is 24.7 Å². The van der Waals surface area contributed by atoms with E-state index in [0.717, 1.165) is 61.8 Å². The summed E-state index contributed by atoms with van der Waals surface area (Å²) in [5, 5.41) is 3.46. The smallest absolute Gasteiger partial charge is 0.243 e. The Hall–Kier alpha value is -1.40. The van der Waals surface area contributed by atoms with Crippen LogP contribution >= 0.6 is 0 Å². The Labute approximate surface area is 187 Å². The second-order valence-corrected chi connectivity index (χ2v) is 12.7. The van der Waals surface area contributed by atoms with Gasteiger partial charge < -0.3 is 5.32 Å². The maximum atomic E-state index is 13.4. The highest BCUT2D eigenvalue weighted by atomic mass is 32.2. The molecule has 4 aliphatic rings. The number of piperidine rings is 1. The van der Waals surface area contributed by atoms with Crippen LogP contribution in [0.1, 0.15) is 76.2 Å². The summed E-state index contributed by atoms with van der Waals surface area (Å²) >= 11 is 0. The average Bonchev–Trinajstić information content (AvgIpc) is 2.87. The van der Waals surface area contributed by atoms with Crippen molar-refractivity contribution in [3.05, 3.63) is 29.8 Å². The van der Waals surface area contributed by atoms with Gasteiger partial charge in [-0.25, -0.2) is 8.42 Å². The zero-order valence-corrected chi connectivity index (χ0v) is 19.5. The SMILES string of the molecule is Cc1cccc(S(=O)(=O)N2CCCCC2CC(=O)N[C@@]23CC4CCC[C@@H](CC4C2)C3)c1. The minimum absolute atomic E-state index is 0.0231. The van der Waals surface area contributed by atoms with Gasteiger partial charge in [-0.05, 0) is 80.9 Å². The number of nitrogens with zero attached hydrogens (tertiary/aromatic N) is 1. The number of carbonyl (C=O) groups is 1. The lowest BCUT2D eigenvalue weighted by Gasteiger charge is -2.40. The predicted molar refractivity (Wildman–Crippen MR) is 121 cm³/mol. The molecule has 5 rings (SSSR count). The van der Waals surface area contributed by atoms with Gasteiger partial charge in [0.25, 0.3) is 0 Å². The Bertz CT molecular complexity index is 942. The summed E-state index contributed by atoms with van der Waals surface area (Å²) < 4.78 is 28.4. The molecule has 1 N–H and O–H groups in total. The molecule has 3 aliphatic carbocycles. The maximum Gasteiger partial charge on any atom is 0.243 e. The second kappa shape index (κ2) is 8.18. The van der Waals surface area contributed by atoms with E-state index in [4.69, 9.17) is 0 Å². The molecule has 1 aliphatic heterocycles. The predicted octanol–water partition coefficient (Wildman–Crippen LogP) is 4.40. The Kier molecular flexibility index (Phi) is 5.66. The molecule has 170 valence electrons. The Morgan fingerprint density at radius 3 is 2.77 bits per heavy atom. The summed E-state index contributed by atoms with van der Waals surface area (Å²) in [6, 6.07) is 6.87. The fourth-order valence-electron chi connectivity index (χ4n) is 7.27. The van der Waals surface area contributed by atoms with Crippen LogP contribution in [0.5, 0.6) is 0 Å². The minimum Gasteiger partial charge on any atom is -0.351 e. The molecule has 0 aromatic heterocycles. The summed E-state index contributed by atoms with van der Waals surface area (Å²) in [5.41, 5.74) is 0.912. The molecular weight excluding hydrogens is 408 g/mol. The normalized spacial score (nSPS) is 35.6. The van der Waals surface area contributed by atoms with E-state index in [0.29, 0.717) is 11.4 Å². The van der Waals surface area contributed by atoms with Crippen molar-refractivity contribution in [1.29, 1.82) is 0 Å². The van der Waals surface area contributed by atoms with Crippen LogP contribution in [0.15, 0.2) is 29.2 Å². The molecule has 5 atom stereocenters. The minimum atomic E-state index is -3.58. The van der Waals surface area contributed by atoms with E-state index in [2.05, 4.69) is 5.32 Å².